The summed E-state index contributed by atoms with van der Waals surface area (Å²) in [5.41, 5.74) is 1.02. The number of anilines is 1. The molecule has 1 amide bonds. The zero-order valence-corrected chi connectivity index (χ0v) is 14.4. The monoisotopic (exact) mass is 359 g/mol. The van der Waals surface area contributed by atoms with Crippen LogP contribution in [0.4, 0.5) is 10.1 Å². The first kappa shape index (κ1) is 19.1. The first-order valence-electron chi connectivity index (χ1n) is 7.87. The van der Waals surface area contributed by atoms with Gasteiger partial charge in [-0.3, -0.25) is 4.79 Å². The van der Waals surface area contributed by atoms with Crippen LogP contribution in [-0.4, -0.2) is 38.1 Å². The fourth-order valence-electron chi connectivity index (χ4n) is 2.27. The molecule has 0 aromatic heterocycles. The van der Waals surface area contributed by atoms with Crippen molar-refractivity contribution in [3.8, 4) is 0 Å². The maximum Gasteiger partial charge on any atom is 0.338 e. The fourth-order valence-corrected chi connectivity index (χ4v) is 2.27. The summed E-state index contributed by atoms with van der Waals surface area (Å²) in [4.78, 5) is 37.0. The smallest absolute Gasteiger partial charge is 0.338 e. The van der Waals surface area contributed by atoms with Crippen molar-refractivity contribution in [3.63, 3.8) is 0 Å². The van der Waals surface area contributed by atoms with Gasteiger partial charge in [0.2, 0.25) is 0 Å². The minimum absolute atomic E-state index is 0.204. The van der Waals surface area contributed by atoms with E-state index in [1.807, 2.05) is 0 Å². The van der Waals surface area contributed by atoms with Crippen molar-refractivity contribution in [2.45, 2.75) is 6.92 Å². The second-order valence-electron chi connectivity index (χ2n) is 5.26. The van der Waals surface area contributed by atoms with Gasteiger partial charge in [0.15, 0.2) is 6.61 Å². The van der Waals surface area contributed by atoms with E-state index >= 15 is 0 Å². The van der Waals surface area contributed by atoms with Gasteiger partial charge in [-0.15, -0.1) is 0 Å². The summed E-state index contributed by atoms with van der Waals surface area (Å²) in [6, 6.07) is 11.1. The molecule has 0 bridgehead atoms. The zero-order chi connectivity index (χ0) is 19.1. The number of hydrogen-bond donors (Lipinski definition) is 0. The van der Waals surface area contributed by atoms with Crippen LogP contribution in [0.3, 0.4) is 0 Å². The van der Waals surface area contributed by atoms with Crippen molar-refractivity contribution < 1.29 is 28.2 Å². The van der Waals surface area contributed by atoms with Crippen molar-refractivity contribution in [2.75, 3.05) is 25.2 Å². The number of methoxy groups -OCH3 is 1. The number of esters is 2. The summed E-state index contributed by atoms with van der Waals surface area (Å²) in [6.07, 6.45) is 0. The van der Waals surface area contributed by atoms with Gasteiger partial charge in [0, 0.05) is 12.2 Å². The van der Waals surface area contributed by atoms with Gasteiger partial charge in [-0.25, -0.2) is 14.0 Å². The van der Waals surface area contributed by atoms with Gasteiger partial charge in [0.25, 0.3) is 5.91 Å². The van der Waals surface area contributed by atoms with Gasteiger partial charge in [-0.2, -0.15) is 0 Å². The largest absolute Gasteiger partial charge is 0.465 e. The van der Waals surface area contributed by atoms with Crippen molar-refractivity contribution in [1.29, 1.82) is 0 Å². The van der Waals surface area contributed by atoms with Crippen molar-refractivity contribution >= 4 is 23.5 Å². The van der Waals surface area contributed by atoms with E-state index in [0.29, 0.717) is 17.8 Å². The highest BCUT2D eigenvalue weighted by atomic mass is 19.1. The Morgan fingerprint density at radius 3 is 1.96 bits per heavy atom. The molecule has 0 N–H and O–H groups in total. The molecular weight excluding hydrogens is 341 g/mol. The lowest BCUT2D eigenvalue weighted by atomic mass is 10.1. The maximum absolute atomic E-state index is 13.0. The van der Waals surface area contributed by atoms with Crippen LogP contribution in [0.25, 0.3) is 0 Å². The summed E-state index contributed by atoms with van der Waals surface area (Å²) in [5.74, 6) is -2.04. The van der Waals surface area contributed by atoms with E-state index in [1.165, 1.54) is 60.5 Å². The Morgan fingerprint density at radius 2 is 1.46 bits per heavy atom. The van der Waals surface area contributed by atoms with Crippen LogP contribution in [0, 0.1) is 5.82 Å². The van der Waals surface area contributed by atoms with Crippen molar-refractivity contribution in [2.24, 2.45) is 0 Å². The topological polar surface area (TPSA) is 72.9 Å². The number of amides is 1. The molecule has 0 heterocycles. The summed E-state index contributed by atoms with van der Waals surface area (Å²) < 4.78 is 22.6. The molecular formula is C19H18FNO5. The third-order valence-corrected chi connectivity index (χ3v) is 3.62. The molecule has 0 aliphatic carbocycles. The zero-order valence-electron chi connectivity index (χ0n) is 14.4. The average molecular weight is 359 g/mol. The average Bonchev–Trinajstić information content (AvgIpc) is 2.67. The molecule has 0 spiro atoms. The van der Waals surface area contributed by atoms with Gasteiger partial charge >= 0.3 is 11.9 Å². The number of likely N-dealkylation sites (N-methyl/N-ethyl adjacent to an activating group) is 1. The molecule has 0 aliphatic heterocycles. The van der Waals surface area contributed by atoms with E-state index in [4.69, 9.17) is 4.74 Å². The Kier molecular flexibility index (Phi) is 6.43. The van der Waals surface area contributed by atoms with E-state index in [9.17, 15) is 18.8 Å². The highest BCUT2D eigenvalue weighted by Crippen LogP contribution is 2.15. The quantitative estimate of drug-likeness (QED) is 0.742. The standard InChI is InChI=1S/C19H18FNO5/c1-3-21(16-10-8-15(20)9-11-16)17(22)12-26-19(24)14-6-4-13(5-7-14)18(23)25-2/h4-11H,3,12H2,1-2H3. The van der Waals surface area contributed by atoms with Crippen LogP contribution < -0.4 is 4.90 Å². The number of hydrogen-bond acceptors (Lipinski definition) is 5. The minimum atomic E-state index is -0.690. The summed E-state index contributed by atoms with van der Waals surface area (Å²) in [6.45, 7) is 1.65. The van der Waals surface area contributed by atoms with E-state index in [1.54, 1.807) is 6.92 Å². The van der Waals surface area contributed by atoms with E-state index in [0.717, 1.165) is 0 Å². The number of rotatable bonds is 6. The molecule has 6 nitrogen and oxygen atoms in total. The second kappa shape index (κ2) is 8.75. The predicted octanol–water partition coefficient (Wildman–Crippen LogP) is 2.82. The molecule has 0 atom stereocenters. The van der Waals surface area contributed by atoms with Crippen molar-refractivity contribution in [3.05, 3.63) is 65.5 Å². The van der Waals surface area contributed by atoms with E-state index in [-0.39, 0.29) is 5.56 Å². The predicted molar refractivity (Wildman–Crippen MR) is 92.5 cm³/mol. The Balaban J connectivity index is 1.98. The fraction of sp³-hybridized carbons (Fsp3) is 0.211. The Morgan fingerprint density at radius 1 is 0.923 bits per heavy atom. The lowest BCUT2D eigenvalue weighted by molar-refractivity contribution is -0.121. The minimum Gasteiger partial charge on any atom is -0.465 e. The van der Waals surface area contributed by atoms with Gasteiger partial charge in [0.05, 0.1) is 18.2 Å². The molecule has 0 unspecified atom stereocenters. The first-order chi connectivity index (χ1) is 12.5. The molecule has 7 heteroatoms. The molecule has 136 valence electrons. The van der Waals surface area contributed by atoms with Crippen LogP contribution in [-0.2, 0) is 14.3 Å². The Labute approximate surface area is 150 Å². The van der Waals surface area contributed by atoms with Crippen LogP contribution in [0.15, 0.2) is 48.5 Å². The maximum atomic E-state index is 13.0. The third kappa shape index (κ3) is 4.66. The number of halogens is 1. The van der Waals surface area contributed by atoms with E-state index < -0.39 is 30.3 Å². The molecule has 0 saturated heterocycles. The van der Waals surface area contributed by atoms with Gasteiger partial charge in [-0.05, 0) is 55.5 Å². The highest BCUT2D eigenvalue weighted by molar-refractivity contribution is 5.97. The lowest BCUT2D eigenvalue weighted by Gasteiger charge is -2.20. The summed E-state index contributed by atoms with van der Waals surface area (Å²) in [7, 11) is 1.26. The SMILES string of the molecule is CCN(C(=O)COC(=O)c1ccc(C(=O)OC)cc1)c1ccc(F)cc1. The summed E-state index contributed by atoms with van der Waals surface area (Å²) in [5, 5.41) is 0. The molecule has 0 fully saturated rings. The Hall–Kier alpha value is -3.22. The van der Waals surface area contributed by atoms with E-state index in [2.05, 4.69) is 4.74 Å². The van der Waals surface area contributed by atoms with Crippen LogP contribution in [0.1, 0.15) is 27.6 Å². The lowest BCUT2D eigenvalue weighted by Crippen LogP contribution is -2.34. The van der Waals surface area contributed by atoms with Crippen LogP contribution >= 0.6 is 0 Å². The number of nitrogens with zero attached hydrogens (tertiary/aromatic N) is 1. The first-order valence-corrected chi connectivity index (χ1v) is 7.87. The molecule has 2 aromatic carbocycles. The molecule has 0 saturated carbocycles. The van der Waals surface area contributed by atoms with Gasteiger partial charge < -0.3 is 14.4 Å². The normalized spacial score (nSPS) is 10.1. The number of benzene rings is 2. The van der Waals surface area contributed by atoms with Gasteiger partial charge in [0.1, 0.15) is 5.82 Å². The molecule has 0 radical (unpaired) electrons. The summed E-state index contributed by atoms with van der Waals surface area (Å²) >= 11 is 0. The van der Waals surface area contributed by atoms with Gasteiger partial charge in [-0.1, -0.05) is 0 Å². The van der Waals surface area contributed by atoms with Crippen LogP contribution in [0.5, 0.6) is 0 Å². The number of ether oxygens (including phenoxy) is 2. The molecule has 2 rings (SSSR count). The van der Waals surface area contributed by atoms with Crippen LogP contribution in [0.2, 0.25) is 0 Å². The molecule has 26 heavy (non-hydrogen) atoms. The highest BCUT2D eigenvalue weighted by Gasteiger charge is 2.17. The third-order valence-electron chi connectivity index (χ3n) is 3.62. The Bertz CT molecular complexity index is 787. The number of carbonyl (C=O) groups excluding carboxylic acids is 3. The molecule has 2 aromatic rings. The van der Waals surface area contributed by atoms with Crippen molar-refractivity contribution in [1.82, 2.24) is 0 Å². The number of carbonyl (C=O) groups is 3. The molecule has 0 aliphatic rings. The second-order valence-corrected chi connectivity index (χ2v) is 5.26.